The lowest BCUT2D eigenvalue weighted by atomic mass is 9.85. The molecule has 0 bridgehead atoms. The molecule has 0 amide bonds. The summed E-state index contributed by atoms with van der Waals surface area (Å²) in [4.78, 5) is 0. The van der Waals surface area contributed by atoms with E-state index in [4.69, 9.17) is 20.1 Å². The van der Waals surface area contributed by atoms with Crippen LogP contribution in [0, 0.1) is 0 Å². The van der Waals surface area contributed by atoms with Crippen molar-refractivity contribution >= 4 is 130 Å². The summed E-state index contributed by atoms with van der Waals surface area (Å²) in [5.41, 5.74) is 32.9. The smallest absolute Gasteiger partial charge is 0.143 e. The quantitative estimate of drug-likeness (QED) is 0.114. The summed E-state index contributed by atoms with van der Waals surface area (Å²) in [6, 6.07) is 166. The van der Waals surface area contributed by atoms with Gasteiger partial charge in [-0.25, -0.2) is 0 Å². The molecule has 0 radical (unpaired) electrons. The van der Waals surface area contributed by atoms with Gasteiger partial charge in [0.25, 0.3) is 0 Å². The first-order valence-corrected chi connectivity index (χ1v) is 47.6. The number of furan rings is 3. The Balaban J connectivity index is 0.000000114. The summed E-state index contributed by atoms with van der Waals surface area (Å²) < 4.78 is 63.3. The maximum Gasteiger partial charge on any atom is 0.143 e. The van der Waals surface area contributed by atoms with E-state index in [9.17, 15) is 0 Å². The lowest BCUT2D eigenvalue weighted by Crippen LogP contribution is -2.10. The molecule has 0 N–H and O–H groups in total. The Bertz CT molecular complexity index is 9580. The van der Waals surface area contributed by atoms with E-state index >= 15 is 0 Å². The molecule has 3 nitrogen and oxygen atoms in total. The number of fused-ring (bicyclic) bond motifs is 15. The van der Waals surface area contributed by atoms with Crippen molar-refractivity contribution in [3.05, 3.63) is 509 Å². The van der Waals surface area contributed by atoms with Gasteiger partial charge in [-0.15, -0.1) is 0 Å². The summed E-state index contributed by atoms with van der Waals surface area (Å²) >= 11 is 0. The van der Waals surface area contributed by atoms with E-state index < -0.39 is 6.04 Å². The highest BCUT2D eigenvalue weighted by molar-refractivity contribution is 6.30. The number of rotatable bonds is 12. The molecule has 0 fully saturated rings. The number of para-hydroxylation sites is 3. The first-order chi connectivity index (χ1) is 70.7. The fraction of sp³-hybridized carbons (Fsp3) is 0.0294. The summed E-state index contributed by atoms with van der Waals surface area (Å²) in [5, 5.41) is 20.0. The molecule has 24 aromatic carbocycles. The van der Waals surface area contributed by atoms with Crippen molar-refractivity contribution in [3.63, 3.8) is 0 Å². The fourth-order valence-corrected chi connectivity index (χ4v) is 21.7. The largest absolute Gasteiger partial charge is 0.455 e. The highest BCUT2D eigenvalue weighted by Gasteiger charge is 2.28. The van der Waals surface area contributed by atoms with Gasteiger partial charge in [-0.3, -0.25) is 0 Å². The predicted molar refractivity (Wildman–Crippen MR) is 590 cm³/mol. The van der Waals surface area contributed by atoms with E-state index in [1.807, 2.05) is 66.7 Å². The first kappa shape index (κ1) is 77.7. The summed E-state index contributed by atoms with van der Waals surface area (Å²) in [7, 11) is 0. The van der Waals surface area contributed by atoms with Gasteiger partial charge in [0, 0.05) is 49.0 Å². The zero-order valence-corrected chi connectivity index (χ0v) is 76.8. The maximum absolute atomic E-state index is 8.89. The van der Waals surface area contributed by atoms with Crippen LogP contribution in [0.5, 0.6) is 0 Å². The Hall–Kier alpha value is -17.8. The van der Waals surface area contributed by atoms with E-state index in [2.05, 4.69) is 427 Å². The zero-order valence-electron chi connectivity index (χ0n) is 81.8. The minimum Gasteiger partial charge on any atom is -0.455 e. The van der Waals surface area contributed by atoms with Crippen LogP contribution in [-0.2, 0) is 5.41 Å². The van der Waals surface area contributed by atoms with E-state index in [1.54, 1.807) is 0 Å². The van der Waals surface area contributed by atoms with Crippen molar-refractivity contribution < 1.29 is 20.1 Å². The third-order valence-corrected chi connectivity index (χ3v) is 27.9. The van der Waals surface area contributed by atoms with E-state index in [0.717, 1.165) is 137 Å². The standard InChI is InChI=1S/C50H32O.C44H28O.C42H32O/c1-4-16-33(17-5-1)36-30-31-37(34-18-6-2-7-19-34)45(32-36)42-26-14-28-44-49-43(27-15-29-46(49)51-50(42)44)48-40-24-12-10-22-38(40)47(35-20-8-3-9-21-35)39-23-11-13-25-41(39)48;1-3-14-29(15-4-1)31-18-11-19-32(28-31)33-24-12-26-39-43-38(25-13-27-40(43)45-44(33)39)42-36-22-9-7-20-34(36)41(30-16-5-2-6-17-30)35-21-8-10-23-37(35)42;1-42(2,3)29-25-23-27(24-26-29)30-19-11-21-36-40-35(20-12-22-37(40)43-41(30)36)39-33-17-9-7-15-31(33)38(28-13-5-4-6-14-28)32-16-8-10-18-34(32)39/h1-32H;1-28H;4-26H,1-3H3/i;2D,5D,6D,16D,17D;. The van der Waals surface area contributed by atoms with Gasteiger partial charge in [0.15, 0.2) is 0 Å². The Morgan fingerprint density at radius 1 is 0.165 bits per heavy atom. The molecule has 3 heterocycles. The van der Waals surface area contributed by atoms with Gasteiger partial charge >= 0.3 is 0 Å². The lowest BCUT2D eigenvalue weighted by Gasteiger charge is -2.19. The number of hydrogen-bond acceptors (Lipinski definition) is 3. The molecule has 27 aromatic rings. The number of benzene rings is 24. The second-order valence-corrected chi connectivity index (χ2v) is 36.9. The van der Waals surface area contributed by atoms with Crippen LogP contribution in [0.15, 0.2) is 517 Å². The molecular weight excluding hydrogens is 1680 g/mol. The fourth-order valence-electron chi connectivity index (χ4n) is 21.7. The Labute approximate surface area is 813 Å². The normalized spacial score (nSPS) is 12.2. The average Bonchev–Trinajstić information content (AvgIpc) is 1.26. The van der Waals surface area contributed by atoms with E-state index in [-0.39, 0.29) is 35.1 Å². The molecule has 0 atom stereocenters. The van der Waals surface area contributed by atoms with Crippen LogP contribution in [0.1, 0.15) is 33.2 Å². The van der Waals surface area contributed by atoms with Gasteiger partial charge in [-0.05, 0) is 223 Å². The first-order valence-electron chi connectivity index (χ1n) is 50.1. The number of hydrogen-bond donors (Lipinski definition) is 0. The van der Waals surface area contributed by atoms with Crippen molar-refractivity contribution in [2.24, 2.45) is 0 Å². The minimum absolute atomic E-state index is 0.112. The molecule has 0 saturated carbocycles. The van der Waals surface area contributed by atoms with Crippen molar-refractivity contribution in [2.45, 2.75) is 26.2 Å². The van der Waals surface area contributed by atoms with Crippen LogP contribution >= 0.6 is 0 Å². The van der Waals surface area contributed by atoms with Crippen LogP contribution in [-0.4, -0.2) is 0 Å². The lowest BCUT2D eigenvalue weighted by molar-refractivity contribution is 0.590. The second kappa shape index (κ2) is 34.9. The Morgan fingerprint density at radius 2 is 0.424 bits per heavy atom. The topological polar surface area (TPSA) is 39.4 Å². The third kappa shape index (κ3) is 14.6. The maximum atomic E-state index is 8.89. The molecule has 0 aliphatic rings. The van der Waals surface area contributed by atoms with Crippen LogP contribution in [0.4, 0.5) is 0 Å². The molecule has 0 saturated heterocycles. The highest BCUT2D eigenvalue weighted by Crippen LogP contribution is 2.54. The average molecular weight is 1780 g/mol. The van der Waals surface area contributed by atoms with Gasteiger partial charge in [0.05, 0.1) is 6.85 Å². The molecule has 0 unspecified atom stereocenters. The Morgan fingerprint density at radius 3 is 0.799 bits per heavy atom. The van der Waals surface area contributed by atoms with E-state index in [0.29, 0.717) is 5.56 Å². The second-order valence-electron chi connectivity index (χ2n) is 36.9. The van der Waals surface area contributed by atoms with Crippen molar-refractivity contribution in [1.29, 1.82) is 0 Å². The zero-order chi connectivity index (χ0) is 97.0. The molecule has 654 valence electrons. The Kier molecular flexibility index (Phi) is 19.5. The summed E-state index contributed by atoms with van der Waals surface area (Å²) in [6.45, 7) is 6.76. The monoisotopic (exact) mass is 1780 g/mol. The van der Waals surface area contributed by atoms with Gasteiger partial charge in [-0.1, -0.05) is 494 Å². The highest BCUT2D eigenvalue weighted by atomic mass is 16.3. The molecular formula is C136H92O3. The van der Waals surface area contributed by atoms with Gasteiger partial charge in [0.2, 0.25) is 0 Å². The molecule has 139 heavy (non-hydrogen) atoms. The van der Waals surface area contributed by atoms with Crippen molar-refractivity contribution in [2.75, 3.05) is 0 Å². The van der Waals surface area contributed by atoms with Crippen LogP contribution in [0.3, 0.4) is 0 Å². The minimum atomic E-state index is -0.404. The molecule has 0 aliphatic carbocycles. The van der Waals surface area contributed by atoms with Crippen LogP contribution < -0.4 is 0 Å². The van der Waals surface area contributed by atoms with Gasteiger partial charge in [0.1, 0.15) is 33.5 Å². The van der Waals surface area contributed by atoms with Crippen molar-refractivity contribution in [1.82, 2.24) is 0 Å². The van der Waals surface area contributed by atoms with Crippen LogP contribution in [0.2, 0.25) is 0 Å². The van der Waals surface area contributed by atoms with Crippen LogP contribution in [0.25, 0.3) is 264 Å². The molecule has 0 aliphatic heterocycles. The predicted octanol–water partition coefficient (Wildman–Crippen LogP) is 39.0. The van der Waals surface area contributed by atoms with Gasteiger partial charge < -0.3 is 13.3 Å². The summed E-state index contributed by atoms with van der Waals surface area (Å²) in [6.07, 6.45) is 0. The molecule has 0 spiro atoms. The van der Waals surface area contributed by atoms with Gasteiger partial charge in [-0.2, -0.15) is 0 Å². The third-order valence-electron chi connectivity index (χ3n) is 27.9. The molecule has 27 rings (SSSR count). The SMILES string of the molecule is CC(C)(C)c1ccc(-c2cccc3c2oc2cccc(-c4c5ccccc5c(-c5ccccc5)c5ccccc45)c23)cc1.[2H]c1c([2H])c([2H])c(-c2c3ccccc3c(-c3cccc4oc5c(-c6cccc(-c7ccccc7)c6)cccc5c34)c3ccccc23)c([2H])c1[2H].c1ccc(-c2ccc(-c3ccccc3)c(-c3cccc4c3oc3cccc(-c5c6ccccc6c(-c6ccccc6)c6ccccc56)c34)c2)cc1. The summed E-state index contributed by atoms with van der Waals surface area (Å²) in [5.74, 6) is 0. The molecule has 3 aromatic heterocycles. The molecule has 3 heteroatoms. The van der Waals surface area contributed by atoms with Crippen molar-refractivity contribution in [3.8, 4) is 134 Å². The van der Waals surface area contributed by atoms with E-state index in [1.165, 1.54) is 121 Å².